The molecule has 0 atom stereocenters. The Morgan fingerprint density at radius 2 is 1.75 bits per heavy atom. The van der Waals surface area contributed by atoms with Crippen LogP contribution in [0.5, 0.6) is 0 Å². The summed E-state index contributed by atoms with van der Waals surface area (Å²) in [6.07, 6.45) is 0. The topological polar surface area (TPSA) is 17.1 Å². The third-order valence-electron chi connectivity index (χ3n) is 2.30. The van der Waals surface area contributed by atoms with Gasteiger partial charge < -0.3 is 0 Å². The molecule has 0 saturated heterocycles. The van der Waals surface area contributed by atoms with Gasteiger partial charge >= 0.3 is 0 Å². The average Bonchev–Trinajstić information content (AvgIpc) is 2.20. The zero-order valence-corrected chi connectivity index (χ0v) is 11.7. The van der Waals surface area contributed by atoms with Gasteiger partial charge in [-0.3, -0.25) is 4.79 Å². The first-order valence-corrected chi connectivity index (χ1v) is 6.51. The minimum atomic E-state index is -0.387. The number of halogens is 1. The molecule has 0 unspecified atom stereocenters. The van der Waals surface area contributed by atoms with Crippen LogP contribution in [0.1, 0.15) is 27.7 Å². The predicted molar refractivity (Wildman–Crippen MR) is 71.2 cm³/mol. The van der Waals surface area contributed by atoms with Crippen LogP contribution in [-0.2, 0) is 4.79 Å². The second kappa shape index (κ2) is 5.24. The zero-order chi connectivity index (χ0) is 12.3. The number of benzene rings is 1. The second-order valence-corrected chi connectivity index (χ2v) is 6.72. The molecule has 88 valence electrons. The van der Waals surface area contributed by atoms with Crippen molar-refractivity contribution in [3.8, 4) is 0 Å². The maximum atomic E-state index is 12.0. The summed E-state index contributed by atoms with van der Waals surface area (Å²) in [5.74, 6) is 0.335. The van der Waals surface area contributed by atoms with Gasteiger partial charge in [-0.1, -0.05) is 25.4 Å². The molecular weight excluding hydrogens is 240 g/mol. The highest BCUT2D eigenvalue weighted by Gasteiger charge is 2.30. The Bertz CT molecular complexity index is 368. The van der Waals surface area contributed by atoms with Gasteiger partial charge in [0.25, 0.3) is 0 Å². The van der Waals surface area contributed by atoms with Crippen LogP contribution >= 0.6 is 23.4 Å². The Balaban J connectivity index is 2.80. The molecular formula is C13H17ClOS. The van der Waals surface area contributed by atoms with E-state index in [9.17, 15) is 4.79 Å². The van der Waals surface area contributed by atoms with Crippen molar-refractivity contribution in [2.75, 3.05) is 0 Å². The number of Topliss-reactive ketones (excluding diaryl/α,β-unsaturated/α-hetero) is 1. The predicted octanol–water partition coefficient (Wildman–Crippen LogP) is 4.44. The number of ketones is 1. The van der Waals surface area contributed by atoms with E-state index in [-0.39, 0.29) is 16.4 Å². The number of hydrogen-bond acceptors (Lipinski definition) is 2. The van der Waals surface area contributed by atoms with Crippen molar-refractivity contribution < 1.29 is 4.79 Å². The molecule has 0 bridgehead atoms. The highest BCUT2D eigenvalue weighted by atomic mass is 35.5. The van der Waals surface area contributed by atoms with E-state index in [1.54, 1.807) is 11.8 Å². The molecule has 16 heavy (non-hydrogen) atoms. The third kappa shape index (κ3) is 3.53. The minimum absolute atomic E-state index is 0.0646. The lowest BCUT2D eigenvalue weighted by molar-refractivity contribution is -0.123. The van der Waals surface area contributed by atoms with Crippen molar-refractivity contribution in [3.05, 3.63) is 29.3 Å². The number of hydrogen-bond donors (Lipinski definition) is 0. The molecule has 0 aliphatic carbocycles. The Labute approximate surface area is 107 Å². The quantitative estimate of drug-likeness (QED) is 0.741. The van der Waals surface area contributed by atoms with Gasteiger partial charge in [-0.15, -0.1) is 11.8 Å². The standard InChI is InChI=1S/C13H17ClOS/c1-9(2)12(15)13(3,4)16-11-7-5-10(14)6-8-11/h5-9H,1-4H3. The average molecular weight is 257 g/mol. The smallest absolute Gasteiger partial charge is 0.151 e. The van der Waals surface area contributed by atoms with Crippen LogP contribution in [0.3, 0.4) is 0 Å². The summed E-state index contributed by atoms with van der Waals surface area (Å²) in [7, 11) is 0. The van der Waals surface area contributed by atoms with Crippen molar-refractivity contribution in [2.24, 2.45) is 5.92 Å². The molecule has 0 saturated carbocycles. The van der Waals surface area contributed by atoms with Crippen molar-refractivity contribution in [1.29, 1.82) is 0 Å². The normalized spacial score (nSPS) is 11.9. The SMILES string of the molecule is CC(C)C(=O)C(C)(C)Sc1ccc(Cl)cc1. The fraction of sp³-hybridized carbons (Fsp3) is 0.462. The Morgan fingerprint density at radius 3 is 2.19 bits per heavy atom. The molecule has 1 aromatic rings. The summed E-state index contributed by atoms with van der Waals surface area (Å²) in [6.45, 7) is 7.81. The fourth-order valence-corrected chi connectivity index (χ4v) is 2.87. The number of carbonyl (C=O) groups is 1. The summed E-state index contributed by atoms with van der Waals surface area (Å²) < 4.78 is -0.387. The van der Waals surface area contributed by atoms with Gasteiger partial charge in [0.05, 0.1) is 4.75 Å². The van der Waals surface area contributed by atoms with Crippen LogP contribution in [0.25, 0.3) is 0 Å². The van der Waals surface area contributed by atoms with Crippen molar-refractivity contribution in [3.63, 3.8) is 0 Å². The molecule has 0 aromatic heterocycles. The summed E-state index contributed by atoms with van der Waals surface area (Å²) in [4.78, 5) is 13.1. The van der Waals surface area contributed by atoms with Gasteiger partial charge in [0.2, 0.25) is 0 Å². The summed E-state index contributed by atoms with van der Waals surface area (Å²) in [5.41, 5.74) is 0. The van der Waals surface area contributed by atoms with E-state index in [2.05, 4.69) is 0 Å². The Kier molecular flexibility index (Phi) is 4.45. The summed E-state index contributed by atoms with van der Waals surface area (Å²) >= 11 is 7.40. The van der Waals surface area contributed by atoms with E-state index in [1.165, 1.54) is 0 Å². The highest BCUT2D eigenvalue weighted by Crippen LogP contribution is 2.35. The van der Waals surface area contributed by atoms with Gasteiger partial charge in [0, 0.05) is 15.8 Å². The van der Waals surface area contributed by atoms with Crippen LogP contribution < -0.4 is 0 Å². The first-order valence-electron chi connectivity index (χ1n) is 5.32. The lowest BCUT2D eigenvalue weighted by Crippen LogP contribution is -2.31. The van der Waals surface area contributed by atoms with E-state index in [1.807, 2.05) is 52.0 Å². The molecule has 0 fully saturated rings. The zero-order valence-electron chi connectivity index (χ0n) is 10.1. The minimum Gasteiger partial charge on any atom is -0.298 e. The number of carbonyl (C=O) groups excluding carboxylic acids is 1. The largest absolute Gasteiger partial charge is 0.298 e. The van der Waals surface area contributed by atoms with Crippen molar-refractivity contribution in [2.45, 2.75) is 37.3 Å². The molecule has 1 nitrogen and oxygen atoms in total. The number of rotatable bonds is 4. The van der Waals surface area contributed by atoms with Gasteiger partial charge in [-0.25, -0.2) is 0 Å². The lowest BCUT2D eigenvalue weighted by atomic mass is 9.98. The first kappa shape index (κ1) is 13.6. The molecule has 0 amide bonds. The van der Waals surface area contributed by atoms with E-state index in [4.69, 9.17) is 11.6 Å². The molecule has 1 aromatic carbocycles. The van der Waals surface area contributed by atoms with Gasteiger partial charge in [-0.2, -0.15) is 0 Å². The van der Waals surface area contributed by atoms with Crippen LogP contribution in [0.15, 0.2) is 29.2 Å². The van der Waals surface area contributed by atoms with Crippen molar-refractivity contribution >= 4 is 29.1 Å². The van der Waals surface area contributed by atoms with Crippen LogP contribution in [0.2, 0.25) is 5.02 Å². The molecule has 3 heteroatoms. The monoisotopic (exact) mass is 256 g/mol. The van der Waals surface area contributed by atoms with E-state index in [0.29, 0.717) is 0 Å². The molecule has 0 heterocycles. The first-order chi connectivity index (χ1) is 7.33. The van der Waals surface area contributed by atoms with Crippen LogP contribution in [-0.4, -0.2) is 10.5 Å². The highest BCUT2D eigenvalue weighted by molar-refractivity contribution is 8.01. The molecule has 0 aliphatic heterocycles. The van der Waals surface area contributed by atoms with Gasteiger partial charge in [0.15, 0.2) is 5.78 Å². The third-order valence-corrected chi connectivity index (χ3v) is 3.78. The van der Waals surface area contributed by atoms with Crippen LogP contribution in [0, 0.1) is 5.92 Å². The molecule has 1 rings (SSSR count). The second-order valence-electron chi connectivity index (χ2n) is 4.59. The Morgan fingerprint density at radius 1 is 1.25 bits per heavy atom. The number of thioether (sulfide) groups is 1. The van der Waals surface area contributed by atoms with E-state index in [0.717, 1.165) is 9.92 Å². The van der Waals surface area contributed by atoms with E-state index >= 15 is 0 Å². The molecule has 0 spiro atoms. The maximum absolute atomic E-state index is 12.0. The van der Waals surface area contributed by atoms with E-state index < -0.39 is 0 Å². The van der Waals surface area contributed by atoms with Crippen molar-refractivity contribution in [1.82, 2.24) is 0 Å². The summed E-state index contributed by atoms with van der Waals surface area (Å²) in [5, 5.41) is 0.720. The maximum Gasteiger partial charge on any atom is 0.151 e. The van der Waals surface area contributed by atoms with Gasteiger partial charge in [0.1, 0.15) is 0 Å². The van der Waals surface area contributed by atoms with Gasteiger partial charge in [-0.05, 0) is 38.1 Å². The molecule has 0 N–H and O–H groups in total. The molecule has 0 aliphatic rings. The molecule has 0 radical (unpaired) electrons. The summed E-state index contributed by atoms with van der Waals surface area (Å²) in [6, 6.07) is 7.59. The van der Waals surface area contributed by atoms with Crippen LogP contribution in [0.4, 0.5) is 0 Å². The fourth-order valence-electron chi connectivity index (χ4n) is 1.54. The Hall–Kier alpha value is -0.470. The lowest BCUT2D eigenvalue weighted by Gasteiger charge is -2.24.